The Morgan fingerprint density at radius 2 is 2.24 bits per heavy atom. The van der Waals surface area contributed by atoms with Crippen molar-refractivity contribution in [1.29, 1.82) is 0 Å². The van der Waals surface area contributed by atoms with Gasteiger partial charge < -0.3 is 4.57 Å². The van der Waals surface area contributed by atoms with Gasteiger partial charge in [-0.3, -0.25) is 0 Å². The van der Waals surface area contributed by atoms with Crippen molar-refractivity contribution in [3.05, 3.63) is 42.1 Å². The number of imidazole rings is 1. The Balaban J connectivity index is 2.23. The Morgan fingerprint density at radius 1 is 1.35 bits per heavy atom. The van der Waals surface area contributed by atoms with Gasteiger partial charge in [0.1, 0.15) is 0 Å². The summed E-state index contributed by atoms with van der Waals surface area (Å²) in [4.78, 5) is 4.37. The molecule has 0 saturated carbocycles. The van der Waals surface area contributed by atoms with Crippen LogP contribution in [-0.4, -0.2) is 13.9 Å². The Kier molecular flexibility index (Phi) is 2.44. The zero-order valence-electron chi connectivity index (χ0n) is 9.84. The molecule has 0 bridgehead atoms. The van der Waals surface area contributed by atoms with Gasteiger partial charge in [-0.15, -0.1) is 0 Å². The fourth-order valence-corrected chi connectivity index (χ4v) is 2.80. The number of nitrogens with zero attached hydrogens (tertiary/aromatic N) is 3. The molecule has 0 unspecified atom stereocenters. The summed E-state index contributed by atoms with van der Waals surface area (Å²) in [5, 5.41) is 1.24. The standard InChI is InChI=1S/C13H13N3S/c1-3-10-7-16(8-14-10)12-5-4-9(2)11-6-15-17-13(11)12/h4-8H,3H2,1-2H3. The molecule has 3 rings (SSSR count). The van der Waals surface area contributed by atoms with E-state index in [-0.39, 0.29) is 0 Å². The van der Waals surface area contributed by atoms with Crippen LogP contribution in [0.25, 0.3) is 15.8 Å². The maximum Gasteiger partial charge on any atom is 0.0995 e. The number of aromatic nitrogens is 3. The van der Waals surface area contributed by atoms with Gasteiger partial charge in [0.05, 0.1) is 22.4 Å². The van der Waals surface area contributed by atoms with E-state index in [1.54, 1.807) is 11.5 Å². The van der Waals surface area contributed by atoms with Gasteiger partial charge >= 0.3 is 0 Å². The summed E-state index contributed by atoms with van der Waals surface area (Å²) in [7, 11) is 0. The van der Waals surface area contributed by atoms with Gasteiger partial charge in [-0.1, -0.05) is 13.0 Å². The fraction of sp³-hybridized carbons (Fsp3) is 0.231. The molecule has 0 aliphatic heterocycles. The van der Waals surface area contributed by atoms with Gasteiger partial charge in [0.25, 0.3) is 0 Å². The van der Waals surface area contributed by atoms with Crippen molar-refractivity contribution >= 4 is 21.6 Å². The average molecular weight is 243 g/mol. The smallest absolute Gasteiger partial charge is 0.0995 e. The maximum absolute atomic E-state index is 4.37. The van der Waals surface area contributed by atoms with Crippen LogP contribution in [0.3, 0.4) is 0 Å². The van der Waals surface area contributed by atoms with Crippen LogP contribution in [0.5, 0.6) is 0 Å². The molecule has 86 valence electrons. The molecular weight excluding hydrogens is 230 g/mol. The summed E-state index contributed by atoms with van der Waals surface area (Å²) in [6.45, 7) is 4.23. The predicted octanol–water partition coefficient (Wildman–Crippen LogP) is 3.35. The molecule has 0 amide bonds. The highest BCUT2D eigenvalue weighted by Crippen LogP contribution is 2.28. The number of hydrogen-bond acceptors (Lipinski definition) is 3. The van der Waals surface area contributed by atoms with E-state index in [1.807, 2.05) is 12.5 Å². The highest BCUT2D eigenvalue weighted by molar-refractivity contribution is 7.13. The van der Waals surface area contributed by atoms with Gasteiger partial charge in [-0.2, -0.15) is 4.37 Å². The van der Waals surface area contributed by atoms with Gasteiger partial charge in [0.2, 0.25) is 0 Å². The van der Waals surface area contributed by atoms with Crippen molar-refractivity contribution in [2.75, 3.05) is 0 Å². The molecule has 3 aromatic rings. The van der Waals surface area contributed by atoms with Crippen LogP contribution in [0.15, 0.2) is 30.9 Å². The van der Waals surface area contributed by atoms with Crippen molar-refractivity contribution < 1.29 is 0 Å². The minimum Gasteiger partial charge on any atom is -0.305 e. The minimum atomic E-state index is 0.963. The number of rotatable bonds is 2. The highest BCUT2D eigenvalue weighted by atomic mass is 32.1. The highest BCUT2D eigenvalue weighted by Gasteiger charge is 2.08. The van der Waals surface area contributed by atoms with E-state index in [9.17, 15) is 0 Å². The van der Waals surface area contributed by atoms with E-state index in [0.717, 1.165) is 12.1 Å². The topological polar surface area (TPSA) is 30.7 Å². The molecule has 4 heteroatoms. The maximum atomic E-state index is 4.37. The Labute approximate surface area is 104 Å². The first-order valence-corrected chi connectivity index (χ1v) is 6.44. The molecule has 1 aromatic carbocycles. The summed E-state index contributed by atoms with van der Waals surface area (Å²) in [5.74, 6) is 0. The van der Waals surface area contributed by atoms with Crippen LogP contribution < -0.4 is 0 Å². The Bertz CT molecular complexity index is 666. The van der Waals surface area contributed by atoms with E-state index >= 15 is 0 Å². The van der Waals surface area contributed by atoms with E-state index < -0.39 is 0 Å². The molecule has 0 aliphatic carbocycles. The average Bonchev–Trinajstić information content (AvgIpc) is 2.98. The molecule has 0 aliphatic rings. The lowest BCUT2D eigenvalue weighted by Crippen LogP contribution is -1.90. The van der Waals surface area contributed by atoms with E-state index in [0.29, 0.717) is 0 Å². The second kappa shape index (κ2) is 3.96. The van der Waals surface area contributed by atoms with Crippen molar-refractivity contribution in [3.63, 3.8) is 0 Å². The zero-order valence-corrected chi connectivity index (χ0v) is 10.7. The third-order valence-electron chi connectivity index (χ3n) is 3.00. The first-order chi connectivity index (χ1) is 8.29. The van der Waals surface area contributed by atoms with Crippen LogP contribution in [0.1, 0.15) is 18.2 Å². The third-order valence-corrected chi connectivity index (χ3v) is 3.82. The number of aryl methyl sites for hydroxylation is 2. The lowest BCUT2D eigenvalue weighted by atomic mass is 10.1. The van der Waals surface area contributed by atoms with Crippen molar-refractivity contribution in [2.24, 2.45) is 0 Å². The predicted molar refractivity (Wildman–Crippen MR) is 70.9 cm³/mol. The second-order valence-corrected chi connectivity index (χ2v) is 4.90. The van der Waals surface area contributed by atoms with Crippen LogP contribution in [0, 0.1) is 6.92 Å². The monoisotopic (exact) mass is 243 g/mol. The van der Waals surface area contributed by atoms with Crippen LogP contribution in [0.4, 0.5) is 0 Å². The molecule has 0 saturated heterocycles. The van der Waals surface area contributed by atoms with Crippen molar-refractivity contribution in [1.82, 2.24) is 13.9 Å². The van der Waals surface area contributed by atoms with E-state index in [1.165, 1.54) is 21.3 Å². The van der Waals surface area contributed by atoms with Crippen LogP contribution in [0.2, 0.25) is 0 Å². The van der Waals surface area contributed by atoms with E-state index in [2.05, 4.69) is 46.1 Å². The first-order valence-electron chi connectivity index (χ1n) is 5.67. The number of fused-ring (bicyclic) bond motifs is 1. The first kappa shape index (κ1) is 10.5. The molecule has 3 nitrogen and oxygen atoms in total. The van der Waals surface area contributed by atoms with E-state index in [4.69, 9.17) is 0 Å². The molecule has 2 aromatic heterocycles. The minimum absolute atomic E-state index is 0.963. The Hall–Kier alpha value is -1.68. The van der Waals surface area contributed by atoms with Crippen molar-refractivity contribution in [3.8, 4) is 5.69 Å². The molecule has 2 heterocycles. The zero-order chi connectivity index (χ0) is 11.8. The van der Waals surface area contributed by atoms with Crippen molar-refractivity contribution in [2.45, 2.75) is 20.3 Å². The SMILES string of the molecule is CCc1cn(-c2ccc(C)c3cnsc23)cn1. The van der Waals surface area contributed by atoms with Gasteiger partial charge in [-0.25, -0.2) is 4.98 Å². The summed E-state index contributed by atoms with van der Waals surface area (Å²) in [5.41, 5.74) is 3.55. The Morgan fingerprint density at radius 3 is 3.00 bits per heavy atom. The summed E-state index contributed by atoms with van der Waals surface area (Å²) in [6, 6.07) is 4.27. The molecular formula is C13H13N3S. The normalized spacial score (nSPS) is 11.2. The summed E-state index contributed by atoms with van der Waals surface area (Å²) >= 11 is 1.54. The number of benzene rings is 1. The second-order valence-electron chi connectivity index (χ2n) is 4.10. The lowest BCUT2D eigenvalue weighted by molar-refractivity contribution is 1.06. The number of hydrogen-bond donors (Lipinski definition) is 0. The third kappa shape index (κ3) is 1.65. The molecule has 17 heavy (non-hydrogen) atoms. The summed E-state index contributed by atoms with van der Waals surface area (Å²) < 4.78 is 7.59. The molecule has 0 fully saturated rings. The summed E-state index contributed by atoms with van der Waals surface area (Å²) in [6.07, 6.45) is 6.87. The van der Waals surface area contributed by atoms with Gasteiger partial charge in [0, 0.05) is 17.8 Å². The van der Waals surface area contributed by atoms with Gasteiger partial charge in [0.15, 0.2) is 0 Å². The van der Waals surface area contributed by atoms with Crippen LogP contribution in [-0.2, 0) is 6.42 Å². The molecule has 0 atom stereocenters. The fourth-order valence-electron chi connectivity index (χ4n) is 1.96. The quantitative estimate of drug-likeness (QED) is 0.691. The molecule has 0 spiro atoms. The largest absolute Gasteiger partial charge is 0.305 e. The van der Waals surface area contributed by atoms with Gasteiger partial charge in [-0.05, 0) is 36.5 Å². The lowest BCUT2D eigenvalue weighted by Gasteiger charge is -2.04. The molecule has 0 N–H and O–H groups in total. The molecule has 0 radical (unpaired) electrons. The van der Waals surface area contributed by atoms with Crippen LogP contribution >= 0.6 is 11.5 Å².